The average Bonchev–Trinajstić information content (AvgIpc) is 3.19. The monoisotopic (exact) mass is 358 g/mol. The minimum atomic E-state index is 0.194. The summed E-state index contributed by atoms with van der Waals surface area (Å²) >= 11 is 0. The first kappa shape index (κ1) is 16.1. The van der Waals surface area contributed by atoms with Crippen molar-refractivity contribution in [2.75, 3.05) is 23.5 Å². The number of fused-ring (bicyclic) bond motifs is 4. The zero-order chi connectivity index (χ0) is 18.5. The maximum Gasteiger partial charge on any atom is 0.142 e. The number of para-hydroxylation sites is 3. The first-order valence-electron chi connectivity index (χ1n) is 9.37. The lowest BCUT2D eigenvalue weighted by molar-refractivity contribution is 0.414. The van der Waals surface area contributed by atoms with Crippen LogP contribution < -0.4 is 14.5 Å². The van der Waals surface area contributed by atoms with E-state index in [4.69, 9.17) is 9.15 Å². The van der Waals surface area contributed by atoms with Crippen molar-refractivity contribution in [1.82, 2.24) is 0 Å². The summed E-state index contributed by atoms with van der Waals surface area (Å²) in [6.07, 6.45) is 0.194. The Morgan fingerprint density at radius 1 is 0.889 bits per heavy atom. The summed E-state index contributed by atoms with van der Waals surface area (Å²) < 4.78 is 11.8. The lowest BCUT2D eigenvalue weighted by Gasteiger charge is -2.30. The zero-order valence-electron chi connectivity index (χ0n) is 15.8. The Kier molecular flexibility index (Phi) is 3.54. The molecule has 136 valence electrons. The smallest absolute Gasteiger partial charge is 0.142 e. The van der Waals surface area contributed by atoms with E-state index < -0.39 is 0 Å². The van der Waals surface area contributed by atoms with Crippen LogP contribution in [0, 0.1) is 0 Å². The average molecular weight is 358 g/mol. The largest absolute Gasteiger partial charge is 0.495 e. The van der Waals surface area contributed by atoms with Gasteiger partial charge in [0.1, 0.15) is 23.1 Å². The Morgan fingerprint density at radius 2 is 1.67 bits per heavy atom. The molecule has 3 aromatic carbocycles. The Bertz CT molecular complexity index is 1150. The van der Waals surface area contributed by atoms with Crippen LogP contribution in [0.1, 0.15) is 13.8 Å². The van der Waals surface area contributed by atoms with Crippen molar-refractivity contribution in [3.05, 3.63) is 60.7 Å². The molecule has 0 N–H and O–H groups in total. The molecule has 0 amide bonds. The molecule has 4 heteroatoms. The summed E-state index contributed by atoms with van der Waals surface area (Å²) in [7, 11) is 1.72. The number of benzene rings is 3. The number of hydrogen-bond acceptors (Lipinski definition) is 4. The lowest BCUT2D eigenvalue weighted by atomic mass is 10.1. The molecule has 1 aliphatic rings. The van der Waals surface area contributed by atoms with E-state index in [1.165, 1.54) is 5.69 Å². The Morgan fingerprint density at radius 3 is 2.48 bits per heavy atom. The van der Waals surface area contributed by atoms with Crippen LogP contribution in [0.4, 0.5) is 17.1 Å². The fraction of sp³-hybridized carbons (Fsp3) is 0.217. The van der Waals surface area contributed by atoms with Crippen LogP contribution in [0.2, 0.25) is 0 Å². The van der Waals surface area contributed by atoms with Crippen LogP contribution in [-0.2, 0) is 0 Å². The van der Waals surface area contributed by atoms with Gasteiger partial charge in [0, 0.05) is 23.4 Å². The van der Waals surface area contributed by atoms with Crippen molar-refractivity contribution >= 4 is 39.0 Å². The van der Waals surface area contributed by atoms with Crippen LogP contribution in [0.15, 0.2) is 65.1 Å². The molecular weight excluding hydrogens is 336 g/mol. The van der Waals surface area contributed by atoms with Crippen molar-refractivity contribution in [1.29, 1.82) is 0 Å². The maximum atomic E-state index is 6.15. The standard InChI is InChI=1S/C23H22N2O2/c1-4-24-15(2)25(18-10-6-8-12-22(18)26-3)20-14-23-17(13-19(20)24)16-9-5-7-11-21(16)27-23/h5-15H,4H2,1-3H3/t15-/m0/s1. The second-order valence-corrected chi connectivity index (χ2v) is 6.90. The topological polar surface area (TPSA) is 28.9 Å². The Balaban J connectivity index is 1.78. The van der Waals surface area contributed by atoms with E-state index in [0.29, 0.717) is 0 Å². The van der Waals surface area contributed by atoms with E-state index in [1.807, 2.05) is 24.3 Å². The summed E-state index contributed by atoms with van der Waals surface area (Å²) in [5.74, 6) is 0.873. The number of rotatable bonds is 3. The molecule has 5 rings (SSSR count). The molecule has 1 aliphatic heterocycles. The van der Waals surface area contributed by atoms with E-state index in [2.05, 4.69) is 60.0 Å². The highest BCUT2D eigenvalue weighted by atomic mass is 16.5. The quantitative estimate of drug-likeness (QED) is 0.455. The van der Waals surface area contributed by atoms with Gasteiger partial charge in [0.15, 0.2) is 0 Å². The maximum absolute atomic E-state index is 6.15. The molecule has 0 radical (unpaired) electrons. The second kappa shape index (κ2) is 5.95. The van der Waals surface area contributed by atoms with Gasteiger partial charge in [-0.2, -0.15) is 0 Å². The van der Waals surface area contributed by atoms with Crippen molar-refractivity contribution in [3.63, 3.8) is 0 Å². The molecule has 0 bridgehead atoms. The highest BCUT2D eigenvalue weighted by Gasteiger charge is 2.35. The van der Waals surface area contributed by atoms with Crippen LogP contribution in [0.25, 0.3) is 21.9 Å². The first-order chi connectivity index (χ1) is 13.2. The Labute approximate surface area is 158 Å². The number of furan rings is 1. The first-order valence-corrected chi connectivity index (χ1v) is 9.37. The predicted molar refractivity (Wildman–Crippen MR) is 111 cm³/mol. The van der Waals surface area contributed by atoms with Gasteiger partial charge in [0.05, 0.1) is 24.2 Å². The molecule has 0 spiro atoms. The number of hydrogen-bond donors (Lipinski definition) is 0. The molecule has 1 aromatic heterocycles. The molecule has 0 saturated heterocycles. The van der Waals surface area contributed by atoms with E-state index in [9.17, 15) is 0 Å². The molecule has 0 unspecified atom stereocenters. The number of anilines is 3. The van der Waals surface area contributed by atoms with Crippen molar-refractivity contribution in [2.24, 2.45) is 0 Å². The molecule has 1 atom stereocenters. The molecule has 2 heterocycles. The van der Waals surface area contributed by atoms with Gasteiger partial charge in [-0.05, 0) is 38.1 Å². The lowest BCUT2D eigenvalue weighted by Crippen LogP contribution is -2.38. The zero-order valence-corrected chi connectivity index (χ0v) is 15.8. The molecule has 4 aromatic rings. The van der Waals surface area contributed by atoms with Crippen LogP contribution in [0.3, 0.4) is 0 Å². The van der Waals surface area contributed by atoms with Crippen LogP contribution in [0.5, 0.6) is 5.75 Å². The van der Waals surface area contributed by atoms with Gasteiger partial charge in [-0.1, -0.05) is 30.3 Å². The number of ether oxygens (including phenoxy) is 1. The number of methoxy groups -OCH3 is 1. The number of nitrogens with zero attached hydrogens (tertiary/aromatic N) is 2. The van der Waals surface area contributed by atoms with Gasteiger partial charge in [-0.25, -0.2) is 0 Å². The fourth-order valence-corrected chi connectivity index (χ4v) is 4.31. The summed E-state index contributed by atoms with van der Waals surface area (Å²) in [6, 6.07) is 20.8. The summed E-state index contributed by atoms with van der Waals surface area (Å²) in [5.41, 5.74) is 5.30. The van der Waals surface area contributed by atoms with Crippen molar-refractivity contribution in [3.8, 4) is 5.75 Å². The summed E-state index contributed by atoms with van der Waals surface area (Å²) in [4.78, 5) is 4.76. The minimum Gasteiger partial charge on any atom is -0.495 e. The fourth-order valence-electron chi connectivity index (χ4n) is 4.31. The molecule has 4 nitrogen and oxygen atoms in total. The third-order valence-electron chi connectivity index (χ3n) is 5.55. The second-order valence-electron chi connectivity index (χ2n) is 6.90. The summed E-state index contributed by atoms with van der Waals surface area (Å²) in [6.45, 7) is 5.36. The molecule has 27 heavy (non-hydrogen) atoms. The van der Waals surface area contributed by atoms with Gasteiger partial charge in [-0.3, -0.25) is 0 Å². The third-order valence-corrected chi connectivity index (χ3v) is 5.55. The van der Waals surface area contributed by atoms with Crippen molar-refractivity contribution in [2.45, 2.75) is 20.0 Å². The third kappa shape index (κ3) is 2.23. The van der Waals surface area contributed by atoms with Gasteiger partial charge < -0.3 is 19.0 Å². The van der Waals surface area contributed by atoms with Crippen molar-refractivity contribution < 1.29 is 9.15 Å². The molecular formula is C23H22N2O2. The normalized spacial score (nSPS) is 16.3. The van der Waals surface area contributed by atoms with Gasteiger partial charge in [0.2, 0.25) is 0 Å². The summed E-state index contributed by atoms with van der Waals surface area (Å²) in [5, 5.41) is 2.33. The van der Waals surface area contributed by atoms with Crippen LogP contribution >= 0.6 is 0 Å². The predicted octanol–water partition coefficient (Wildman–Crippen LogP) is 5.92. The molecule has 0 aliphatic carbocycles. The highest BCUT2D eigenvalue weighted by molar-refractivity contribution is 6.09. The van der Waals surface area contributed by atoms with E-state index in [-0.39, 0.29) is 6.17 Å². The van der Waals surface area contributed by atoms with Gasteiger partial charge >= 0.3 is 0 Å². The van der Waals surface area contributed by atoms with E-state index >= 15 is 0 Å². The van der Waals surface area contributed by atoms with Gasteiger partial charge in [-0.15, -0.1) is 0 Å². The Hall–Kier alpha value is -3.14. The van der Waals surface area contributed by atoms with Gasteiger partial charge in [0.25, 0.3) is 0 Å². The molecule has 0 fully saturated rings. The minimum absolute atomic E-state index is 0.194. The SMILES string of the molecule is CCN1c2cc3c(cc2N(c2ccccc2OC)[C@H]1C)oc1ccccc13. The van der Waals surface area contributed by atoms with Crippen LogP contribution in [-0.4, -0.2) is 19.8 Å². The van der Waals surface area contributed by atoms with E-state index in [0.717, 1.165) is 45.6 Å². The highest BCUT2D eigenvalue weighted by Crippen LogP contribution is 2.49. The molecule has 0 saturated carbocycles. The van der Waals surface area contributed by atoms with E-state index in [1.54, 1.807) is 7.11 Å².